The molecule has 0 aliphatic carbocycles. The zero-order valence-corrected chi connectivity index (χ0v) is 23.8. The van der Waals surface area contributed by atoms with Gasteiger partial charge in [0.15, 0.2) is 0 Å². The number of halogens is 2. The van der Waals surface area contributed by atoms with Gasteiger partial charge in [-0.3, -0.25) is 14.5 Å². The van der Waals surface area contributed by atoms with E-state index in [0.29, 0.717) is 28.8 Å². The first kappa shape index (κ1) is 26.6. The molecule has 1 aromatic heterocycles. The Balaban J connectivity index is 1.28. The Hall–Kier alpha value is -3.00. The van der Waals surface area contributed by atoms with Crippen LogP contribution in [-0.2, 0) is 17.8 Å². The van der Waals surface area contributed by atoms with Crippen LogP contribution in [0.25, 0.3) is 17.0 Å². The predicted octanol–water partition coefficient (Wildman–Crippen LogP) is 8.20. The van der Waals surface area contributed by atoms with E-state index in [1.807, 2.05) is 66.9 Å². The van der Waals surface area contributed by atoms with E-state index in [2.05, 4.69) is 38.7 Å². The standard InChI is InChI=1S/C30H26BrClN2O3S/c31-23-13-14-26-24(19-23)22(20-33(26)15-7-17-37-27-12-5-4-11-25(27)32)18-28-29(35)34(30(36)38-28)16-6-10-21-8-2-1-3-9-21/h1-5,8-9,11-14,18-20H,6-7,10,15-17H2/b28-18-. The number of rotatable bonds is 10. The number of thioether (sulfide) groups is 1. The summed E-state index contributed by atoms with van der Waals surface area (Å²) in [6.07, 6.45) is 6.22. The highest BCUT2D eigenvalue weighted by atomic mass is 79.9. The first-order chi connectivity index (χ1) is 18.5. The van der Waals surface area contributed by atoms with E-state index < -0.39 is 0 Å². The third kappa shape index (κ3) is 6.17. The Kier molecular flexibility index (Phi) is 8.57. The number of fused-ring (bicyclic) bond motifs is 1. The van der Waals surface area contributed by atoms with Crippen molar-refractivity contribution in [2.75, 3.05) is 13.2 Å². The van der Waals surface area contributed by atoms with Gasteiger partial charge in [-0.05, 0) is 73.0 Å². The molecule has 0 radical (unpaired) electrons. The second-order valence-electron chi connectivity index (χ2n) is 8.99. The van der Waals surface area contributed by atoms with E-state index in [-0.39, 0.29) is 11.1 Å². The van der Waals surface area contributed by atoms with E-state index in [9.17, 15) is 9.59 Å². The number of aryl methyl sites for hydroxylation is 2. The predicted molar refractivity (Wildman–Crippen MR) is 159 cm³/mol. The van der Waals surface area contributed by atoms with Crippen molar-refractivity contribution in [3.8, 4) is 5.75 Å². The number of carbonyl (C=O) groups excluding carboxylic acids is 2. The second-order valence-corrected chi connectivity index (χ2v) is 11.3. The Labute approximate surface area is 239 Å². The molecule has 0 bridgehead atoms. The topological polar surface area (TPSA) is 51.5 Å². The van der Waals surface area contributed by atoms with Gasteiger partial charge in [-0.15, -0.1) is 0 Å². The molecule has 0 unspecified atom stereocenters. The van der Waals surface area contributed by atoms with E-state index in [1.54, 1.807) is 0 Å². The molecule has 38 heavy (non-hydrogen) atoms. The van der Waals surface area contributed by atoms with E-state index in [0.717, 1.165) is 58.5 Å². The van der Waals surface area contributed by atoms with Crippen LogP contribution in [0.1, 0.15) is 24.0 Å². The van der Waals surface area contributed by atoms with Crippen molar-refractivity contribution in [1.29, 1.82) is 0 Å². The molecule has 3 aromatic carbocycles. The lowest BCUT2D eigenvalue weighted by Gasteiger charge is -2.12. The normalized spacial score (nSPS) is 14.7. The number of benzene rings is 3. The molecule has 1 aliphatic heterocycles. The number of ether oxygens (including phenoxy) is 1. The fourth-order valence-electron chi connectivity index (χ4n) is 4.50. The molecule has 1 fully saturated rings. The maximum Gasteiger partial charge on any atom is 0.293 e. The third-order valence-corrected chi connectivity index (χ3v) is 8.07. The zero-order chi connectivity index (χ0) is 26.5. The lowest BCUT2D eigenvalue weighted by molar-refractivity contribution is -0.122. The molecule has 2 amide bonds. The average Bonchev–Trinajstić information content (AvgIpc) is 3.39. The van der Waals surface area contributed by atoms with Gasteiger partial charge >= 0.3 is 0 Å². The Morgan fingerprint density at radius 2 is 1.74 bits per heavy atom. The lowest BCUT2D eigenvalue weighted by Crippen LogP contribution is -2.29. The molecule has 0 atom stereocenters. The minimum Gasteiger partial charge on any atom is -0.492 e. The lowest BCUT2D eigenvalue weighted by atomic mass is 10.1. The highest BCUT2D eigenvalue weighted by Crippen LogP contribution is 2.35. The molecule has 0 N–H and O–H groups in total. The van der Waals surface area contributed by atoms with Gasteiger partial charge in [0, 0.05) is 40.2 Å². The fourth-order valence-corrected chi connectivity index (χ4v) is 5.90. The summed E-state index contributed by atoms with van der Waals surface area (Å²) in [5.74, 6) is 0.452. The molecular formula is C30H26BrClN2O3S. The molecule has 4 aromatic rings. The smallest absolute Gasteiger partial charge is 0.293 e. The van der Waals surface area contributed by atoms with Crippen LogP contribution in [0.3, 0.4) is 0 Å². The van der Waals surface area contributed by atoms with Crippen LogP contribution in [0.2, 0.25) is 5.02 Å². The molecular weight excluding hydrogens is 584 g/mol. The van der Waals surface area contributed by atoms with Crippen LogP contribution in [0.15, 0.2) is 88.4 Å². The number of carbonyl (C=O) groups is 2. The second kappa shape index (κ2) is 12.2. The molecule has 0 spiro atoms. The summed E-state index contributed by atoms with van der Waals surface area (Å²) in [5.41, 5.74) is 3.16. The summed E-state index contributed by atoms with van der Waals surface area (Å²) in [6.45, 7) is 1.67. The van der Waals surface area contributed by atoms with Crippen LogP contribution in [0.4, 0.5) is 4.79 Å². The van der Waals surface area contributed by atoms with Crippen molar-refractivity contribution in [2.24, 2.45) is 0 Å². The van der Waals surface area contributed by atoms with Crippen LogP contribution in [0, 0.1) is 0 Å². The van der Waals surface area contributed by atoms with Crippen molar-refractivity contribution in [3.63, 3.8) is 0 Å². The summed E-state index contributed by atoms with van der Waals surface area (Å²) < 4.78 is 8.96. The number of imide groups is 1. The molecule has 1 saturated heterocycles. The van der Waals surface area contributed by atoms with Crippen LogP contribution >= 0.6 is 39.3 Å². The van der Waals surface area contributed by atoms with E-state index in [4.69, 9.17) is 16.3 Å². The highest BCUT2D eigenvalue weighted by Gasteiger charge is 2.34. The van der Waals surface area contributed by atoms with Crippen molar-refractivity contribution >= 4 is 67.4 Å². The minimum absolute atomic E-state index is 0.212. The molecule has 1 aliphatic rings. The minimum atomic E-state index is -0.225. The first-order valence-electron chi connectivity index (χ1n) is 12.4. The van der Waals surface area contributed by atoms with Crippen LogP contribution in [0.5, 0.6) is 5.75 Å². The van der Waals surface area contributed by atoms with E-state index in [1.165, 1.54) is 10.5 Å². The molecule has 194 valence electrons. The number of nitrogens with zero attached hydrogens (tertiary/aromatic N) is 2. The quantitative estimate of drug-likeness (QED) is 0.134. The Morgan fingerprint density at radius 3 is 2.55 bits per heavy atom. The van der Waals surface area contributed by atoms with Crippen molar-refractivity contribution in [2.45, 2.75) is 25.8 Å². The number of hydrogen-bond acceptors (Lipinski definition) is 4. The van der Waals surface area contributed by atoms with E-state index >= 15 is 0 Å². The van der Waals surface area contributed by atoms with Gasteiger partial charge in [0.1, 0.15) is 5.75 Å². The number of amides is 2. The van der Waals surface area contributed by atoms with Gasteiger partial charge in [0.25, 0.3) is 11.1 Å². The van der Waals surface area contributed by atoms with Crippen molar-refractivity contribution < 1.29 is 14.3 Å². The van der Waals surface area contributed by atoms with Gasteiger partial charge in [0.2, 0.25) is 0 Å². The fraction of sp³-hybridized carbons (Fsp3) is 0.200. The van der Waals surface area contributed by atoms with Gasteiger partial charge in [-0.2, -0.15) is 0 Å². The molecule has 5 rings (SSSR count). The summed E-state index contributed by atoms with van der Waals surface area (Å²) >= 11 is 10.8. The SMILES string of the molecule is O=C1S/C(=C\c2cn(CCCOc3ccccc3Cl)c3ccc(Br)cc23)C(=O)N1CCCc1ccccc1. The number of para-hydroxylation sites is 1. The number of aromatic nitrogens is 1. The molecule has 5 nitrogen and oxygen atoms in total. The average molecular weight is 610 g/mol. The van der Waals surface area contributed by atoms with Crippen molar-refractivity contribution in [3.05, 3.63) is 105 Å². The molecule has 0 saturated carbocycles. The highest BCUT2D eigenvalue weighted by molar-refractivity contribution is 9.10. The van der Waals surface area contributed by atoms with Crippen LogP contribution < -0.4 is 4.74 Å². The maximum absolute atomic E-state index is 13.1. The summed E-state index contributed by atoms with van der Waals surface area (Å²) in [4.78, 5) is 27.6. The van der Waals surface area contributed by atoms with Crippen molar-refractivity contribution in [1.82, 2.24) is 9.47 Å². The third-order valence-electron chi connectivity index (χ3n) is 6.36. The maximum atomic E-state index is 13.1. The first-order valence-corrected chi connectivity index (χ1v) is 14.4. The Morgan fingerprint density at radius 1 is 0.947 bits per heavy atom. The monoisotopic (exact) mass is 608 g/mol. The van der Waals surface area contributed by atoms with Gasteiger partial charge in [-0.25, -0.2) is 0 Å². The van der Waals surface area contributed by atoms with Gasteiger partial charge in [-0.1, -0.05) is 70.0 Å². The van der Waals surface area contributed by atoms with Crippen LogP contribution in [-0.4, -0.2) is 33.8 Å². The molecule has 8 heteroatoms. The van der Waals surface area contributed by atoms with Gasteiger partial charge < -0.3 is 9.30 Å². The molecule has 2 heterocycles. The zero-order valence-electron chi connectivity index (χ0n) is 20.6. The number of hydrogen-bond donors (Lipinski definition) is 0. The largest absolute Gasteiger partial charge is 0.492 e. The summed E-state index contributed by atoms with van der Waals surface area (Å²) in [7, 11) is 0. The summed E-state index contributed by atoms with van der Waals surface area (Å²) in [6, 6.07) is 23.6. The summed E-state index contributed by atoms with van der Waals surface area (Å²) in [5, 5.41) is 1.40. The van der Waals surface area contributed by atoms with Gasteiger partial charge in [0.05, 0.1) is 16.5 Å². The Bertz CT molecular complexity index is 1500.